The van der Waals surface area contributed by atoms with Gasteiger partial charge in [-0.2, -0.15) is 17.4 Å². The lowest BCUT2D eigenvalue weighted by Gasteiger charge is -2.29. The van der Waals surface area contributed by atoms with Crippen molar-refractivity contribution in [3.8, 4) is 0 Å². The lowest BCUT2D eigenvalue weighted by atomic mass is 10.1. The van der Waals surface area contributed by atoms with Crippen molar-refractivity contribution >= 4 is 10.2 Å². The van der Waals surface area contributed by atoms with Crippen LogP contribution in [-0.2, 0) is 10.2 Å². The summed E-state index contributed by atoms with van der Waals surface area (Å²) in [7, 11) is -2.07. The first kappa shape index (κ1) is 13.9. The van der Waals surface area contributed by atoms with E-state index in [2.05, 4.69) is 10.0 Å². The second-order valence-electron chi connectivity index (χ2n) is 5.17. The van der Waals surface area contributed by atoms with E-state index in [0.717, 1.165) is 0 Å². The number of hydrogen-bond acceptors (Lipinski definition) is 4. The summed E-state index contributed by atoms with van der Waals surface area (Å²) >= 11 is 0. The van der Waals surface area contributed by atoms with Gasteiger partial charge >= 0.3 is 0 Å². The number of aliphatic hydroxyl groups excluding tert-OH is 1. The number of rotatable bonds is 3. The van der Waals surface area contributed by atoms with Crippen molar-refractivity contribution in [2.24, 2.45) is 0 Å². The van der Waals surface area contributed by atoms with Gasteiger partial charge in [0.25, 0.3) is 10.2 Å². The minimum Gasteiger partial charge on any atom is -0.390 e. The van der Waals surface area contributed by atoms with Crippen LogP contribution in [-0.4, -0.2) is 55.7 Å². The lowest BCUT2D eigenvalue weighted by Crippen LogP contribution is -2.53. The van der Waals surface area contributed by atoms with Gasteiger partial charge in [0.15, 0.2) is 0 Å². The molecule has 0 aromatic heterocycles. The van der Waals surface area contributed by atoms with Crippen LogP contribution in [0.15, 0.2) is 0 Å². The third kappa shape index (κ3) is 3.39. The minimum atomic E-state index is -3.55. The van der Waals surface area contributed by atoms with Gasteiger partial charge in [-0.25, -0.2) is 0 Å². The molecule has 1 fully saturated rings. The Morgan fingerprint density at radius 1 is 1.38 bits per heavy atom. The van der Waals surface area contributed by atoms with Crippen LogP contribution in [0.3, 0.4) is 0 Å². The summed E-state index contributed by atoms with van der Waals surface area (Å²) in [5, 5.41) is 12.6. The van der Waals surface area contributed by atoms with E-state index >= 15 is 0 Å². The maximum atomic E-state index is 12.0. The van der Waals surface area contributed by atoms with E-state index < -0.39 is 27.9 Å². The number of hydrogen-bond donors (Lipinski definition) is 3. The third-order valence-corrected chi connectivity index (χ3v) is 4.33. The molecule has 0 spiro atoms. The molecule has 0 unspecified atom stereocenters. The molecule has 0 aliphatic carbocycles. The van der Waals surface area contributed by atoms with Gasteiger partial charge in [-0.1, -0.05) is 0 Å². The Hall–Kier alpha value is -0.210. The van der Waals surface area contributed by atoms with Crippen LogP contribution >= 0.6 is 0 Å². The van der Waals surface area contributed by atoms with E-state index in [9.17, 15) is 13.5 Å². The molecule has 1 aliphatic rings. The molecule has 7 heteroatoms. The van der Waals surface area contributed by atoms with Gasteiger partial charge in [-0.3, -0.25) is 0 Å². The topological polar surface area (TPSA) is 81.7 Å². The maximum absolute atomic E-state index is 12.0. The van der Waals surface area contributed by atoms with E-state index in [4.69, 9.17) is 0 Å². The molecule has 96 valence electrons. The fraction of sp³-hybridized carbons (Fsp3) is 1.00. The van der Waals surface area contributed by atoms with Gasteiger partial charge in [0, 0.05) is 25.7 Å². The maximum Gasteiger partial charge on any atom is 0.280 e. The highest BCUT2D eigenvalue weighted by Gasteiger charge is 2.36. The number of likely N-dealkylation sites (N-methyl/N-ethyl adjacent to an activating group) is 1. The molecular weight excluding hydrogens is 230 g/mol. The average molecular weight is 251 g/mol. The van der Waals surface area contributed by atoms with Crippen LogP contribution in [0.2, 0.25) is 0 Å². The second kappa shape index (κ2) is 4.58. The highest BCUT2D eigenvalue weighted by Crippen LogP contribution is 2.13. The van der Waals surface area contributed by atoms with Crippen molar-refractivity contribution in [3.05, 3.63) is 0 Å². The lowest BCUT2D eigenvalue weighted by molar-refractivity contribution is 0.135. The normalized spacial score (nSPS) is 27.6. The van der Waals surface area contributed by atoms with Crippen LogP contribution in [0.4, 0.5) is 0 Å². The molecule has 3 N–H and O–H groups in total. The first-order valence-corrected chi connectivity index (χ1v) is 6.73. The molecule has 1 heterocycles. The van der Waals surface area contributed by atoms with Gasteiger partial charge in [0.2, 0.25) is 0 Å². The molecule has 1 saturated heterocycles. The zero-order chi connectivity index (χ0) is 12.6. The summed E-state index contributed by atoms with van der Waals surface area (Å²) in [4.78, 5) is 0. The Bertz CT molecular complexity index is 336. The number of aliphatic hydroxyl groups is 1. The summed E-state index contributed by atoms with van der Waals surface area (Å²) in [6, 6.07) is -0.403. The highest BCUT2D eigenvalue weighted by atomic mass is 32.2. The molecule has 16 heavy (non-hydrogen) atoms. The summed E-state index contributed by atoms with van der Waals surface area (Å²) in [6.07, 6.45) is -0.651. The van der Waals surface area contributed by atoms with E-state index in [1.807, 2.05) is 0 Å². The zero-order valence-corrected chi connectivity index (χ0v) is 11.0. The molecule has 0 amide bonds. The SMILES string of the molecule is CN([C@@H]1CNC[C@H]1O)S(=O)(=O)NC(C)(C)C. The Morgan fingerprint density at radius 2 is 1.94 bits per heavy atom. The van der Waals surface area contributed by atoms with E-state index in [1.165, 1.54) is 11.4 Å². The number of nitrogens with one attached hydrogen (secondary N) is 2. The number of nitrogens with zero attached hydrogens (tertiary/aromatic N) is 1. The molecule has 1 rings (SSSR count). The summed E-state index contributed by atoms with van der Waals surface area (Å²) < 4.78 is 27.7. The average Bonchev–Trinajstić information content (AvgIpc) is 2.45. The molecule has 0 aromatic rings. The highest BCUT2D eigenvalue weighted by molar-refractivity contribution is 7.87. The monoisotopic (exact) mass is 251 g/mol. The predicted molar refractivity (Wildman–Crippen MR) is 62.2 cm³/mol. The van der Waals surface area contributed by atoms with Gasteiger partial charge < -0.3 is 10.4 Å². The largest absolute Gasteiger partial charge is 0.390 e. The summed E-state index contributed by atoms with van der Waals surface area (Å²) in [5.74, 6) is 0. The first-order chi connectivity index (χ1) is 7.13. The zero-order valence-electron chi connectivity index (χ0n) is 10.2. The Balaban J connectivity index is 2.76. The molecule has 0 radical (unpaired) electrons. The molecule has 0 saturated carbocycles. The van der Waals surface area contributed by atoms with Crippen LogP contribution < -0.4 is 10.0 Å². The van der Waals surface area contributed by atoms with Crippen LogP contribution in [0.5, 0.6) is 0 Å². The number of β-amino-alcohol motifs (C(OH)–C–C–N with tert-alkyl or cyclic N) is 1. The Labute approximate surface area is 97.2 Å². The predicted octanol–water partition coefficient (Wildman–Crippen LogP) is -1.12. The van der Waals surface area contributed by atoms with Crippen molar-refractivity contribution in [2.45, 2.75) is 38.5 Å². The fourth-order valence-corrected chi connectivity index (χ4v) is 3.15. The second-order valence-corrected chi connectivity index (χ2v) is 6.90. The van der Waals surface area contributed by atoms with Crippen LogP contribution in [0.25, 0.3) is 0 Å². The van der Waals surface area contributed by atoms with Gasteiger partial charge in [-0.05, 0) is 20.8 Å². The summed E-state index contributed by atoms with van der Waals surface area (Å²) in [5.41, 5.74) is -0.524. The first-order valence-electron chi connectivity index (χ1n) is 5.29. The smallest absolute Gasteiger partial charge is 0.280 e. The van der Waals surface area contributed by atoms with E-state index in [1.54, 1.807) is 20.8 Å². The van der Waals surface area contributed by atoms with E-state index in [0.29, 0.717) is 13.1 Å². The Kier molecular flexibility index (Phi) is 3.96. The van der Waals surface area contributed by atoms with Crippen molar-refractivity contribution in [1.29, 1.82) is 0 Å². The van der Waals surface area contributed by atoms with Crippen molar-refractivity contribution < 1.29 is 13.5 Å². The van der Waals surface area contributed by atoms with Gasteiger partial charge in [-0.15, -0.1) is 0 Å². The molecule has 6 nitrogen and oxygen atoms in total. The quantitative estimate of drug-likeness (QED) is 0.594. The van der Waals surface area contributed by atoms with Gasteiger partial charge in [0.05, 0.1) is 12.1 Å². The van der Waals surface area contributed by atoms with Crippen molar-refractivity contribution in [1.82, 2.24) is 14.3 Å². The van der Waals surface area contributed by atoms with Crippen molar-refractivity contribution in [2.75, 3.05) is 20.1 Å². The van der Waals surface area contributed by atoms with Crippen LogP contribution in [0, 0.1) is 0 Å². The molecule has 0 bridgehead atoms. The Morgan fingerprint density at radius 3 is 2.31 bits per heavy atom. The van der Waals surface area contributed by atoms with Crippen molar-refractivity contribution in [3.63, 3.8) is 0 Å². The van der Waals surface area contributed by atoms with Gasteiger partial charge in [0.1, 0.15) is 0 Å². The minimum absolute atomic E-state index is 0.403. The standard InChI is InChI=1S/C9H21N3O3S/c1-9(2,3)11-16(14,15)12(4)7-5-10-6-8(7)13/h7-8,10-11,13H,5-6H2,1-4H3/t7-,8-/m1/s1. The third-order valence-electron chi connectivity index (χ3n) is 2.43. The van der Waals surface area contributed by atoms with E-state index in [-0.39, 0.29) is 0 Å². The molecule has 2 atom stereocenters. The van der Waals surface area contributed by atoms with Crippen LogP contribution in [0.1, 0.15) is 20.8 Å². The summed E-state index contributed by atoms with van der Waals surface area (Å²) in [6.45, 7) is 6.24. The fourth-order valence-electron chi connectivity index (χ4n) is 1.66. The molecular formula is C9H21N3O3S. The molecule has 1 aliphatic heterocycles. The molecule has 0 aromatic carbocycles.